The molecule has 2 aromatic carbocycles. The van der Waals surface area contributed by atoms with E-state index in [0.717, 1.165) is 27.8 Å². The Hall–Kier alpha value is -2.38. The lowest BCUT2D eigenvalue weighted by Crippen LogP contribution is -2.43. The molecule has 2 N–H and O–H groups in total. The van der Waals surface area contributed by atoms with E-state index < -0.39 is 23.3 Å². The highest BCUT2D eigenvalue weighted by atomic mass is 32.2. The SMILES string of the molecule is Cc1ccc(SCC2(C(=O)O)OC(=O)C(O)=C2Sc2ccc(C)cc2)cc1. The number of aliphatic carboxylic acids is 1. The molecule has 7 heteroatoms. The summed E-state index contributed by atoms with van der Waals surface area (Å²) < 4.78 is 5.17. The molecule has 5 nitrogen and oxygen atoms in total. The molecule has 0 aromatic heterocycles. The van der Waals surface area contributed by atoms with Gasteiger partial charge in [0.2, 0.25) is 5.76 Å². The van der Waals surface area contributed by atoms with E-state index in [9.17, 15) is 19.8 Å². The molecule has 1 atom stereocenters. The van der Waals surface area contributed by atoms with Crippen molar-refractivity contribution < 1.29 is 24.5 Å². The molecule has 0 aliphatic carbocycles. The third kappa shape index (κ3) is 3.99. The number of benzene rings is 2. The van der Waals surface area contributed by atoms with Gasteiger partial charge in [-0.1, -0.05) is 47.2 Å². The summed E-state index contributed by atoms with van der Waals surface area (Å²) in [6.07, 6.45) is 0. The summed E-state index contributed by atoms with van der Waals surface area (Å²) in [5.41, 5.74) is 0.218. The van der Waals surface area contributed by atoms with E-state index in [4.69, 9.17) is 4.74 Å². The molecule has 0 saturated heterocycles. The number of carbonyl (C=O) groups is 2. The van der Waals surface area contributed by atoms with Gasteiger partial charge in [0.05, 0.1) is 10.7 Å². The van der Waals surface area contributed by atoms with Gasteiger partial charge >= 0.3 is 11.9 Å². The number of esters is 1. The Morgan fingerprint density at radius 3 is 2.04 bits per heavy atom. The van der Waals surface area contributed by atoms with Crippen molar-refractivity contribution in [3.63, 3.8) is 0 Å². The van der Waals surface area contributed by atoms with Crippen molar-refractivity contribution in [2.24, 2.45) is 0 Å². The smallest absolute Gasteiger partial charge is 0.375 e. The molecule has 0 fully saturated rings. The first kappa shape index (κ1) is 19.4. The number of thioether (sulfide) groups is 2. The van der Waals surface area contributed by atoms with E-state index in [1.165, 1.54) is 11.8 Å². The highest BCUT2D eigenvalue weighted by molar-refractivity contribution is 8.03. The lowest BCUT2D eigenvalue weighted by Gasteiger charge is -2.25. The number of carboxylic acid groups (broad SMARTS) is 1. The molecular weight excluding hydrogens is 384 g/mol. The van der Waals surface area contributed by atoms with Crippen LogP contribution in [0.3, 0.4) is 0 Å². The number of hydrogen-bond donors (Lipinski definition) is 2. The van der Waals surface area contributed by atoms with E-state index in [1.807, 2.05) is 62.4 Å². The molecule has 27 heavy (non-hydrogen) atoms. The normalized spacial score (nSPS) is 19.3. The lowest BCUT2D eigenvalue weighted by molar-refractivity contribution is -0.165. The van der Waals surface area contributed by atoms with Gasteiger partial charge in [-0.2, -0.15) is 0 Å². The first-order chi connectivity index (χ1) is 12.8. The van der Waals surface area contributed by atoms with Gasteiger partial charge in [-0.3, -0.25) is 0 Å². The molecule has 1 aliphatic rings. The average Bonchev–Trinajstić information content (AvgIpc) is 2.88. The Bertz CT molecular complexity index is 903. The first-order valence-corrected chi connectivity index (χ1v) is 9.96. The highest BCUT2D eigenvalue weighted by Crippen LogP contribution is 2.45. The van der Waals surface area contributed by atoms with Crippen molar-refractivity contribution in [1.29, 1.82) is 0 Å². The number of aryl methyl sites for hydroxylation is 2. The van der Waals surface area contributed by atoms with Gasteiger partial charge in [-0.15, -0.1) is 11.8 Å². The van der Waals surface area contributed by atoms with E-state index in [0.29, 0.717) is 4.90 Å². The number of ether oxygens (including phenoxy) is 1. The standard InChI is InChI=1S/C20H18O5S2/c1-12-3-7-14(8-4-12)26-11-20(19(23)24)17(16(21)18(22)25-20)27-15-9-5-13(2)6-10-15/h3-10,21H,11H2,1-2H3,(H,23,24). The predicted molar refractivity (Wildman–Crippen MR) is 105 cm³/mol. The van der Waals surface area contributed by atoms with Crippen LogP contribution in [0.15, 0.2) is 69.0 Å². The molecule has 3 rings (SSSR count). The molecule has 1 unspecified atom stereocenters. The number of cyclic esters (lactones) is 1. The van der Waals surface area contributed by atoms with E-state index in [1.54, 1.807) is 0 Å². The van der Waals surface area contributed by atoms with E-state index >= 15 is 0 Å². The fraction of sp³-hybridized carbons (Fsp3) is 0.200. The van der Waals surface area contributed by atoms with Crippen molar-refractivity contribution in [2.75, 3.05) is 5.75 Å². The van der Waals surface area contributed by atoms with Gasteiger partial charge in [0.15, 0.2) is 0 Å². The molecule has 0 saturated carbocycles. The van der Waals surface area contributed by atoms with Crippen LogP contribution in [0, 0.1) is 13.8 Å². The topological polar surface area (TPSA) is 83.8 Å². The van der Waals surface area contributed by atoms with Crippen LogP contribution in [-0.2, 0) is 14.3 Å². The molecular formula is C20H18O5S2. The second-order valence-corrected chi connectivity index (χ2v) is 8.35. The van der Waals surface area contributed by atoms with Crippen LogP contribution in [0.1, 0.15) is 11.1 Å². The third-order valence-corrected chi connectivity index (χ3v) is 6.48. The van der Waals surface area contributed by atoms with Gasteiger partial charge in [-0.25, -0.2) is 9.59 Å². The number of rotatable bonds is 6. The third-order valence-electron chi connectivity index (χ3n) is 4.09. The molecule has 0 radical (unpaired) electrons. The maximum Gasteiger partial charge on any atom is 0.375 e. The highest BCUT2D eigenvalue weighted by Gasteiger charge is 2.55. The van der Waals surface area contributed by atoms with Gasteiger partial charge in [0.25, 0.3) is 5.60 Å². The zero-order valence-corrected chi connectivity index (χ0v) is 16.4. The van der Waals surface area contributed by atoms with Crippen LogP contribution in [0.2, 0.25) is 0 Å². The number of hydrogen-bond acceptors (Lipinski definition) is 6. The summed E-state index contributed by atoms with van der Waals surface area (Å²) in [5.74, 6) is -3.02. The second-order valence-electron chi connectivity index (χ2n) is 6.22. The van der Waals surface area contributed by atoms with Crippen LogP contribution < -0.4 is 0 Å². The molecule has 0 bridgehead atoms. The fourth-order valence-corrected chi connectivity index (χ4v) is 4.68. The minimum atomic E-state index is -1.92. The maximum atomic E-state index is 12.1. The Labute approximate surface area is 165 Å². The Kier molecular flexibility index (Phi) is 5.53. The van der Waals surface area contributed by atoms with Crippen LogP contribution >= 0.6 is 23.5 Å². The minimum Gasteiger partial charge on any atom is -0.501 e. The first-order valence-electron chi connectivity index (χ1n) is 8.16. The molecule has 2 aromatic rings. The molecule has 140 valence electrons. The van der Waals surface area contributed by atoms with Crippen LogP contribution in [-0.4, -0.2) is 33.5 Å². The van der Waals surface area contributed by atoms with Crippen LogP contribution in [0.25, 0.3) is 0 Å². The summed E-state index contributed by atoms with van der Waals surface area (Å²) in [5, 5.41) is 20.1. The summed E-state index contributed by atoms with van der Waals surface area (Å²) in [7, 11) is 0. The molecule has 1 heterocycles. The quantitative estimate of drug-likeness (QED) is 0.549. The van der Waals surface area contributed by atoms with Gasteiger partial charge in [-0.05, 0) is 38.1 Å². The summed E-state index contributed by atoms with van der Waals surface area (Å²) >= 11 is 2.29. The van der Waals surface area contributed by atoms with Crippen LogP contribution in [0.5, 0.6) is 0 Å². The van der Waals surface area contributed by atoms with Crippen LogP contribution in [0.4, 0.5) is 0 Å². The van der Waals surface area contributed by atoms with E-state index in [-0.39, 0.29) is 10.7 Å². The average molecular weight is 402 g/mol. The Morgan fingerprint density at radius 1 is 1.00 bits per heavy atom. The summed E-state index contributed by atoms with van der Waals surface area (Å²) in [6, 6.07) is 15.0. The van der Waals surface area contributed by atoms with Crippen molar-refractivity contribution in [2.45, 2.75) is 29.2 Å². The molecule has 1 aliphatic heterocycles. The minimum absolute atomic E-state index is 0.00321. The number of aliphatic hydroxyl groups excluding tert-OH is 1. The van der Waals surface area contributed by atoms with Crippen molar-refractivity contribution in [3.05, 3.63) is 70.3 Å². The second kappa shape index (κ2) is 7.70. The summed E-state index contributed by atoms with van der Waals surface area (Å²) in [6.45, 7) is 3.90. The predicted octanol–water partition coefficient (Wildman–Crippen LogP) is 4.34. The Balaban J connectivity index is 1.91. The number of carbonyl (C=O) groups excluding carboxylic acids is 1. The van der Waals surface area contributed by atoms with Crippen molar-refractivity contribution >= 4 is 35.5 Å². The van der Waals surface area contributed by atoms with Gasteiger partial charge < -0.3 is 14.9 Å². The number of carboxylic acids is 1. The fourth-order valence-electron chi connectivity index (χ4n) is 2.51. The Morgan fingerprint density at radius 2 is 1.52 bits per heavy atom. The van der Waals surface area contributed by atoms with E-state index in [2.05, 4.69) is 0 Å². The largest absolute Gasteiger partial charge is 0.501 e. The van der Waals surface area contributed by atoms with Gasteiger partial charge in [0.1, 0.15) is 0 Å². The summed E-state index contributed by atoms with van der Waals surface area (Å²) in [4.78, 5) is 25.7. The molecule has 0 spiro atoms. The van der Waals surface area contributed by atoms with Crippen molar-refractivity contribution in [1.82, 2.24) is 0 Å². The molecule has 0 amide bonds. The number of aliphatic hydroxyl groups is 1. The lowest BCUT2D eigenvalue weighted by atomic mass is 10.1. The van der Waals surface area contributed by atoms with Gasteiger partial charge in [0, 0.05) is 9.79 Å². The zero-order chi connectivity index (χ0) is 19.6. The maximum absolute atomic E-state index is 12.1. The monoisotopic (exact) mass is 402 g/mol. The zero-order valence-electron chi connectivity index (χ0n) is 14.8. The van der Waals surface area contributed by atoms with Crippen molar-refractivity contribution in [3.8, 4) is 0 Å².